The van der Waals surface area contributed by atoms with Gasteiger partial charge in [-0.25, -0.2) is 4.39 Å². The second-order valence-corrected chi connectivity index (χ2v) is 4.54. The van der Waals surface area contributed by atoms with Crippen molar-refractivity contribution in [3.05, 3.63) is 11.8 Å². The third-order valence-corrected chi connectivity index (χ3v) is 2.91. The molecule has 90 valence electrons. The fourth-order valence-electron chi connectivity index (χ4n) is 1.21. The SMILES string of the molecule is BC1OC(BC(F)=C(F)F)OC1S(=O)(=O)F. The Morgan fingerprint density at radius 1 is 1.25 bits per heavy atom. The van der Waals surface area contributed by atoms with E-state index in [1.165, 1.54) is 7.85 Å². The summed E-state index contributed by atoms with van der Waals surface area (Å²) >= 11 is 0. The predicted molar refractivity (Wildman–Crippen MR) is 49.6 cm³/mol. The summed E-state index contributed by atoms with van der Waals surface area (Å²) in [6, 6.07) is -1.18. The second-order valence-electron chi connectivity index (χ2n) is 3.12. The molecule has 1 saturated heterocycles. The van der Waals surface area contributed by atoms with Crippen LogP contribution in [-0.4, -0.2) is 41.2 Å². The van der Waals surface area contributed by atoms with Crippen molar-refractivity contribution in [2.24, 2.45) is 0 Å². The Morgan fingerprint density at radius 3 is 2.19 bits per heavy atom. The van der Waals surface area contributed by atoms with Gasteiger partial charge in [0.1, 0.15) is 19.8 Å². The smallest absolute Gasteiger partial charge is 0.331 e. The molecule has 3 unspecified atom stereocenters. The normalized spacial score (nSPS) is 30.1. The Morgan fingerprint density at radius 2 is 1.81 bits per heavy atom. The van der Waals surface area contributed by atoms with Crippen LogP contribution >= 0.6 is 0 Å². The molecule has 4 nitrogen and oxygen atoms in total. The number of hydrogen-bond acceptors (Lipinski definition) is 4. The number of hydrogen-bond donors (Lipinski definition) is 0. The monoisotopic (exact) mass is 260 g/mol. The molecule has 0 aromatic rings. The van der Waals surface area contributed by atoms with Crippen LogP contribution in [0.25, 0.3) is 0 Å². The first kappa shape index (κ1) is 13.5. The second kappa shape index (κ2) is 4.76. The zero-order chi connectivity index (χ0) is 12.5. The fourth-order valence-corrected chi connectivity index (χ4v) is 1.99. The van der Waals surface area contributed by atoms with Crippen LogP contribution in [0.5, 0.6) is 0 Å². The summed E-state index contributed by atoms with van der Waals surface area (Å²) < 4.78 is 78.5. The number of rotatable bonds is 3. The zero-order valence-electron chi connectivity index (χ0n) is 7.99. The van der Waals surface area contributed by atoms with Gasteiger partial charge in [-0.15, -0.1) is 3.89 Å². The van der Waals surface area contributed by atoms with Crippen molar-refractivity contribution >= 4 is 25.3 Å². The summed E-state index contributed by atoms with van der Waals surface area (Å²) in [6.07, 6.45) is -4.08. The van der Waals surface area contributed by atoms with Gasteiger partial charge >= 0.3 is 10.2 Å². The van der Waals surface area contributed by atoms with Gasteiger partial charge in [0.2, 0.25) is 5.44 Å². The van der Waals surface area contributed by atoms with E-state index in [0.29, 0.717) is 0 Å². The van der Waals surface area contributed by atoms with Gasteiger partial charge in [0.25, 0.3) is 13.4 Å². The molecule has 0 aromatic heterocycles. The Labute approximate surface area is 90.5 Å². The van der Waals surface area contributed by atoms with Gasteiger partial charge in [0, 0.05) is 0 Å². The highest BCUT2D eigenvalue weighted by atomic mass is 32.3. The van der Waals surface area contributed by atoms with Crippen LogP contribution < -0.4 is 0 Å². The van der Waals surface area contributed by atoms with Gasteiger partial charge in [-0.05, 0) is 0 Å². The standard InChI is InChI=1S/C5H6B2F4O4S/c6-1-4(16(11,12)13)15-5(14-1)7-2(8)3(9)10/h1,4-5,7H,6H2. The van der Waals surface area contributed by atoms with Crippen molar-refractivity contribution in [1.82, 2.24) is 0 Å². The van der Waals surface area contributed by atoms with E-state index in [4.69, 9.17) is 0 Å². The molecule has 0 radical (unpaired) electrons. The van der Waals surface area contributed by atoms with Crippen molar-refractivity contribution in [3.63, 3.8) is 0 Å². The Balaban J connectivity index is 2.68. The van der Waals surface area contributed by atoms with Crippen LogP contribution in [0.15, 0.2) is 11.8 Å². The third-order valence-electron chi connectivity index (χ3n) is 1.86. The average molecular weight is 260 g/mol. The van der Waals surface area contributed by atoms with Crippen molar-refractivity contribution in [1.29, 1.82) is 0 Å². The fraction of sp³-hybridized carbons (Fsp3) is 0.600. The number of halogens is 4. The first-order chi connectivity index (χ1) is 7.21. The van der Waals surface area contributed by atoms with Crippen LogP contribution in [0.2, 0.25) is 0 Å². The maximum Gasteiger partial charge on any atom is 0.331 e. The molecular weight excluding hydrogens is 254 g/mol. The highest BCUT2D eigenvalue weighted by molar-refractivity contribution is 7.86. The molecule has 0 bridgehead atoms. The molecule has 0 spiro atoms. The van der Waals surface area contributed by atoms with Gasteiger partial charge in [-0.2, -0.15) is 17.2 Å². The minimum atomic E-state index is -5.01. The predicted octanol–water partition coefficient (Wildman–Crippen LogP) is -0.627. The molecule has 0 aliphatic carbocycles. The van der Waals surface area contributed by atoms with Gasteiger partial charge in [-0.3, -0.25) is 0 Å². The topological polar surface area (TPSA) is 52.6 Å². The molecule has 0 amide bonds. The lowest BCUT2D eigenvalue weighted by Gasteiger charge is -2.06. The van der Waals surface area contributed by atoms with E-state index in [2.05, 4.69) is 9.47 Å². The lowest BCUT2D eigenvalue weighted by atomic mass is 9.76. The maximum absolute atomic E-state index is 12.5. The molecule has 0 saturated carbocycles. The zero-order valence-corrected chi connectivity index (χ0v) is 8.81. The van der Waals surface area contributed by atoms with Crippen molar-refractivity contribution < 1.29 is 34.9 Å². The van der Waals surface area contributed by atoms with Crippen LogP contribution in [-0.2, 0) is 19.7 Å². The lowest BCUT2D eigenvalue weighted by Crippen LogP contribution is -2.28. The molecular formula is C5H6B2F4O4S. The summed E-state index contributed by atoms with van der Waals surface area (Å²) in [6.45, 7) is 0. The van der Waals surface area contributed by atoms with Crippen molar-refractivity contribution in [3.8, 4) is 0 Å². The summed E-state index contributed by atoms with van der Waals surface area (Å²) in [5.74, 6) is 0. The molecule has 1 aliphatic heterocycles. The van der Waals surface area contributed by atoms with Crippen LogP contribution in [0, 0.1) is 0 Å². The Kier molecular flexibility index (Phi) is 4.02. The highest BCUT2D eigenvalue weighted by Gasteiger charge is 2.43. The lowest BCUT2D eigenvalue weighted by molar-refractivity contribution is 0.0126. The quantitative estimate of drug-likeness (QED) is 0.385. The van der Waals surface area contributed by atoms with Gasteiger partial charge in [0.05, 0.1) is 6.00 Å². The first-order valence-corrected chi connectivity index (χ1v) is 5.60. The summed E-state index contributed by atoms with van der Waals surface area (Å²) in [5, 5.41) is 0. The molecule has 1 fully saturated rings. The van der Waals surface area contributed by atoms with E-state index < -0.39 is 46.9 Å². The molecule has 1 rings (SSSR count). The number of ether oxygens (including phenoxy) is 2. The minimum absolute atomic E-state index is 0.960. The summed E-state index contributed by atoms with van der Waals surface area (Å²) in [5.41, 5.74) is -3.69. The summed E-state index contributed by atoms with van der Waals surface area (Å²) in [4.78, 5) is 0. The Hall–Kier alpha value is -0.540. The van der Waals surface area contributed by atoms with E-state index in [1.807, 2.05) is 0 Å². The molecule has 16 heavy (non-hydrogen) atoms. The molecule has 1 aliphatic rings. The van der Waals surface area contributed by atoms with E-state index in [1.54, 1.807) is 0 Å². The van der Waals surface area contributed by atoms with Crippen LogP contribution in [0.4, 0.5) is 17.1 Å². The van der Waals surface area contributed by atoms with E-state index in [0.717, 1.165) is 0 Å². The largest absolute Gasteiger partial charge is 0.362 e. The van der Waals surface area contributed by atoms with E-state index in [-0.39, 0.29) is 0 Å². The van der Waals surface area contributed by atoms with Crippen LogP contribution in [0.1, 0.15) is 0 Å². The maximum atomic E-state index is 12.5. The van der Waals surface area contributed by atoms with E-state index >= 15 is 0 Å². The minimum Gasteiger partial charge on any atom is -0.362 e. The summed E-state index contributed by atoms with van der Waals surface area (Å²) in [7, 11) is -4.80. The molecule has 0 aromatic carbocycles. The van der Waals surface area contributed by atoms with Gasteiger partial charge in [-0.1, -0.05) is 0 Å². The molecule has 3 atom stereocenters. The van der Waals surface area contributed by atoms with Gasteiger partial charge < -0.3 is 9.47 Å². The third kappa shape index (κ3) is 3.22. The van der Waals surface area contributed by atoms with Crippen LogP contribution in [0.3, 0.4) is 0 Å². The molecule has 11 heteroatoms. The highest BCUT2D eigenvalue weighted by Crippen LogP contribution is 2.24. The Bertz CT molecular complexity index is 395. The van der Waals surface area contributed by atoms with Crippen molar-refractivity contribution in [2.45, 2.75) is 17.6 Å². The van der Waals surface area contributed by atoms with Crippen molar-refractivity contribution in [2.75, 3.05) is 0 Å². The van der Waals surface area contributed by atoms with Gasteiger partial charge in [0.15, 0.2) is 0 Å². The molecule has 1 heterocycles. The molecule has 0 N–H and O–H groups in total. The van der Waals surface area contributed by atoms with E-state index in [9.17, 15) is 25.5 Å². The first-order valence-electron chi connectivity index (χ1n) is 4.16. The average Bonchev–Trinajstić information content (AvgIpc) is 2.45.